The molecule has 2 aromatic rings. The molecule has 0 fully saturated rings. The van der Waals surface area contributed by atoms with Crippen LogP contribution in [0.4, 0.5) is 0 Å². The summed E-state index contributed by atoms with van der Waals surface area (Å²) in [6, 6.07) is 10.8. The van der Waals surface area contributed by atoms with Crippen LogP contribution in [0.5, 0.6) is 0 Å². The van der Waals surface area contributed by atoms with E-state index in [1.54, 1.807) is 0 Å². The highest BCUT2D eigenvalue weighted by Gasteiger charge is 2.21. The number of hydrogen-bond donors (Lipinski definition) is 2. The fourth-order valence-electron chi connectivity index (χ4n) is 1.92. The van der Waals surface area contributed by atoms with Gasteiger partial charge in [0.1, 0.15) is 5.69 Å². The molecule has 2 atom stereocenters. The minimum absolute atomic E-state index is 0.171. The first-order valence-electron chi connectivity index (χ1n) is 6.87. The van der Waals surface area contributed by atoms with E-state index in [4.69, 9.17) is 16.3 Å². The summed E-state index contributed by atoms with van der Waals surface area (Å²) in [4.78, 5) is 26.6. The summed E-state index contributed by atoms with van der Waals surface area (Å²) in [7, 11) is 0. The van der Waals surface area contributed by atoms with Crippen LogP contribution in [0, 0.1) is 0 Å². The molecule has 0 saturated carbocycles. The molecule has 0 saturated heterocycles. The number of aromatic nitrogens is 1. The van der Waals surface area contributed by atoms with Gasteiger partial charge in [0.05, 0.1) is 11.1 Å². The topological polar surface area (TPSA) is 71.2 Å². The van der Waals surface area contributed by atoms with Gasteiger partial charge in [0, 0.05) is 6.20 Å². The summed E-state index contributed by atoms with van der Waals surface area (Å²) in [5, 5.41) is 3.21. The Labute approximate surface area is 133 Å². The van der Waals surface area contributed by atoms with Crippen molar-refractivity contribution in [2.24, 2.45) is 0 Å². The van der Waals surface area contributed by atoms with Gasteiger partial charge in [-0.15, -0.1) is 0 Å². The summed E-state index contributed by atoms with van der Waals surface area (Å²) in [5.41, 5.74) is 1.19. The Bertz CT molecular complexity index is 654. The zero-order valence-corrected chi connectivity index (χ0v) is 13.1. The zero-order chi connectivity index (χ0) is 16.1. The van der Waals surface area contributed by atoms with Crippen molar-refractivity contribution in [2.75, 3.05) is 0 Å². The second-order valence-electron chi connectivity index (χ2n) is 4.92. The van der Waals surface area contributed by atoms with Crippen molar-refractivity contribution < 1.29 is 14.3 Å². The van der Waals surface area contributed by atoms with Crippen molar-refractivity contribution in [3.05, 3.63) is 58.9 Å². The van der Waals surface area contributed by atoms with Crippen LogP contribution in [0.2, 0.25) is 5.02 Å². The minimum atomic E-state index is -0.902. The molecule has 116 valence electrons. The van der Waals surface area contributed by atoms with E-state index in [0.29, 0.717) is 5.02 Å². The van der Waals surface area contributed by atoms with E-state index >= 15 is 0 Å². The fourth-order valence-corrected chi connectivity index (χ4v) is 2.08. The number of benzene rings is 1. The third-order valence-corrected chi connectivity index (χ3v) is 3.40. The zero-order valence-electron chi connectivity index (χ0n) is 12.3. The second kappa shape index (κ2) is 7.13. The molecule has 0 bridgehead atoms. The highest BCUT2D eigenvalue weighted by atomic mass is 35.5. The van der Waals surface area contributed by atoms with Gasteiger partial charge in [0.2, 0.25) is 0 Å². The smallest absolute Gasteiger partial charge is 0.355 e. The molecule has 2 N–H and O–H groups in total. The van der Waals surface area contributed by atoms with E-state index in [1.807, 2.05) is 37.3 Å². The average molecular weight is 321 g/mol. The van der Waals surface area contributed by atoms with Crippen LogP contribution in [0.3, 0.4) is 0 Å². The lowest BCUT2D eigenvalue weighted by Crippen LogP contribution is -2.37. The van der Waals surface area contributed by atoms with E-state index in [0.717, 1.165) is 5.56 Å². The third-order valence-electron chi connectivity index (χ3n) is 3.18. The predicted molar refractivity (Wildman–Crippen MR) is 83.7 cm³/mol. The Morgan fingerprint density at radius 1 is 1.23 bits per heavy atom. The summed E-state index contributed by atoms with van der Waals surface area (Å²) >= 11 is 5.72. The maximum absolute atomic E-state index is 12.1. The Kier molecular flexibility index (Phi) is 5.22. The minimum Gasteiger partial charge on any atom is -0.448 e. The van der Waals surface area contributed by atoms with Gasteiger partial charge in [-0.05, 0) is 25.5 Å². The van der Waals surface area contributed by atoms with Gasteiger partial charge >= 0.3 is 5.97 Å². The summed E-state index contributed by atoms with van der Waals surface area (Å²) in [6.07, 6.45) is 0.570. The number of carbonyl (C=O) groups excluding carboxylic acids is 2. The molecule has 0 aliphatic heterocycles. The number of esters is 1. The van der Waals surface area contributed by atoms with Crippen LogP contribution in [0.15, 0.2) is 42.6 Å². The Morgan fingerprint density at radius 2 is 1.91 bits per heavy atom. The molecule has 1 aromatic carbocycles. The lowest BCUT2D eigenvalue weighted by atomic mass is 10.1. The molecule has 1 heterocycles. The van der Waals surface area contributed by atoms with Crippen molar-refractivity contribution in [2.45, 2.75) is 26.0 Å². The fraction of sp³-hybridized carbons (Fsp3) is 0.250. The number of ether oxygens (including phenoxy) is 1. The molecule has 0 aliphatic rings. The quantitative estimate of drug-likeness (QED) is 0.832. The van der Waals surface area contributed by atoms with Gasteiger partial charge in [-0.25, -0.2) is 4.79 Å². The van der Waals surface area contributed by atoms with Crippen LogP contribution >= 0.6 is 11.6 Å². The second-order valence-corrected chi connectivity index (χ2v) is 5.36. The van der Waals surface area contributed by atoms with Crippen LogP contribution in [0.25, 0.3) is 0 Å². The van der Waals surface area contributed by atoms with Crippen LogP contribution < -0.4 is 5.32 Å². The van der Waals surface area contributed by atoms with E-state index in [-0.39, 0.29) is 17.6 Å². The molecule has 0 spiro atoms. The maximum Gasteiger partial charge on any atom is 0.355 e. The van der Waals surface area contributed by atoms with Crippen molar-refractivity contribution in [3.8, 4) is 0 Å². The highest BCUT2D eigenvalue weighted by molar-refractivity contribution is 6.30. The monoisotopic (exact) mass is 320 g/mol. The third kappa shape index (κ3) is 4.11. The number of rotatable bonds is 5. The number of aromatic amines is 1. The Hall–Kier alpha value is -2.27. The first-order valence-corrected chi connectivity index (χ1v) is 7.25. The van der Waals surface area contributed by atoms with E-state index < -0.39 is 12.1 Å². The number of hydrogen-bond acceptors (Lipinski definition) is 3. The molecule has 5 nitrogen and oxygen atoms in total. The summed E-state index contributed by atoms with van der Waals surface area (Å²) in [5.74, 6) is -0.982. The maximum atomic E-state index is 12.1. The van der Waals surface area contributed by atoms with Crippen molar-refractivity contribution in [3.63, 3.8) is 0 Å². The van der Waals surface area contributed by atoms with Crippen LogP contribution in [0.1, 0.15) is 35.9 Å². The molecule has 0 radical (unpaired) electrons. The van der Waals surface area contributed by atoms with E-state index in [1.165, 1.54) is 19.2 Å². The molecule has 1 aromatic heterocycles. The van der Waals surface area contributed by atoms with Gasteiger partial charge in [-0.3, -0.25) is 4.79 Å². The first kappa shape index (κ1) is 16.1. The molecule has 6 heteroatoms. The molecule has 0 aliphatic carbocycles. The molecular formula is C16H17ClN2O3. The predicted octanol–water partition coefficient (Wildman–Crippen LogP) is 3.09. The Balaban J connectivity index is 1.91. The Morgan fingerprint density at radius 3 is 2.50 bits per heavy atom. The molecule has 22 heavy (non-hydrogen) atoms. The van der Waals surface area contributed by atoms with E-state index in [9.17, 15) is 9.59 Å². The van der Waals surface area contributed by atoms with Crippen molar-refractivity contribution in [1.82, 2.24) is 10.3 Å². The van der Waals surface area contributed by atoms with Gasteiger partial charge < -0.3 is 15.0 Å². The lowest BCUT2D eigenvalue weighted by molar-refractivity contribution is -0.129. The highest BCUT2D eigenvalue weighted by Crippen LogP contribution is 2.13. The standard InChI is InChI=1S/C16H17ClN2O3/c1-10(12-6-4-3-5-7-12)19-15(20)11(2)22-16(21)14-8-13(17)9-18-14/h3-11,18H,1-2H3,(H,19,20). The first-order chi connectivity index (χ1) is 10.5. The summed E-state index contributed by atoms with van der Waals surface area (Å²) in [6.45, 7) is 3.39. The van der Waals surface area contributed by atoms with E-state index in [2.05, 4.69) is 10.3 Å². The van der Waals surface area contributed by atoms with Crippen LogP contribution in [-0.2, 0) is 9.53 Å². The van der Waals surface area contributed by atoms with Gasteiger partial charge in [-0.2, -0.15) is 0 Å². The SMILES string of the molecule is CC(OC(=O)c1cc(Cl)c[nH]1)C(=O)NC(C)c1ccccc1. The number of carbonyl (C=O) groups is 2. The molecule has 2 rings (SSSR count). The van der Waals surface area contributed by atoms with Gasteiger partial charge in [0.15, 0.2) is 6.10 Å². The van der Waals surface area contributed by atoms with Gasteiger partial charge in [-0.1, -0.05) is 41.9 Å². The normalized spacial score (nSPS) is 13.2. The number of halogens is 1. The van der Waals surface area contributed by atoms with Crippen molar-refractivity contribution in [1.29, 1.82) is 0 Å². The number of nitrogens with one attached hydrogen (secondary N) is 2. The molecule has 2 unspecified atom stereocenters. The summed E-state index contributed by atoms with van der Waals surface area (Å²) < 4.78 is 5.11. The van der Waals surface area contributed by atoms with Crippen LogP contribution in [-0.4, -0.2) is 23.0 Å². The number of amides is 1. The van der Waals surface area contributed by atoms with Gasteiger partial charge in [0.25, 0.3) is 5.91 Å². The lowest BCUT2D eigenvalue weighted by Gasteiger charge is -2.18. The molecule has 1 amide bonds. The largest absolute Gasteiger partial charge is 0.448 e. The average Bonchev–Trinajstić information content (AvgIpc) is 2.94. The number of H-pyrrole nitrogens is 1. The molecular weight excluding hydrogens is 304 g/mol. The van der Waals surface area contributed by atoms with Crippen molar-refractivity contribution >= 4 is 23.5 Å².